The van der Waals surface area contributed by atoms with Gasteiger partial charge in [-0.1, -0.05) is 15.9 Å². The highest BCUT2D eigenvalue weighted by Gasteiger charge is 2.54. The summed E-state index contributed by atoms with van der Waals surface area (Å²) in [7, 11) is 0. The van der Waals surface area contributed by atoms with Crippen molar-refractivity contribution in [2.45, 2.75) is 44.9 Å². The molecule has 0 amide bonds. The molecular formula is C18H20BrFO. The molecule has 0 aromatic heterocycles. The van der Waals surface area contributed by atoms with E-state index in [4.69, 9.17) is 0 Å². The number of halogens is 2. The van der Waals surface area contributed by atoms with Gasteiger partial charge >= 0.3 is 0 Å². The van der Waals surface area contributed by atoms with Crippen LogP contribution in [0.25, 0.3) is 0 Å². The normalized spacial score (nSPS) is 37.0. The third-order valence-corrected chi connectivity index (χ3v) is 6.48. The molecule has 4 saturated carbocycles. The minimum atomic E-state index is -0.253. The molecule has 0 atom stereocenters. The van der Waals surface area contributed by atoms with Crippen molar-refractivity contribution in [3.63, 3.8) is 0 Å². The average Bonchev–Trinajstić information content (AvgIpc) is 2.41. The highest BCUT2D eigenvalue weighted by atomic mass is 79.9. The van der Waals surface area contributed by atoms with Crippen LogP contribution in [0.1, 0.15) is 44.1 Å². The van der Waals surface area contributed by atoms with E-state index in [9.17, 15) is 9.18 Å². The van der Waals surface area contributed by atoms with Crippen LogP contribution in [0.4, 0.5) is 4.39 Å². The van der Waals surface area contributed by atoms with E-state index in [1.165, 1.54) is 25.3 Å². The maximum absolute atomic E-state index is 13.9. The summed E-state index contributed by atoms with van der Waals surface area (Å²) in [6, 6.07) is 4.90. The number of carbonyl (C=O) groups is 1. The van der Waals surface area contributed by atoms with Gasteiger partial charge in [-0.05, 0) is 80.0 Å². The molecule has 4 bridgehead atoms. The SMILES string of the molecule is O=C(Cc1cc(Br)ccc1F)C12CC3CC(CC(C3)C1)C2. The Morgan fingerprint density at radius 3 is 2.29 bits per heavy atom. The lowest BCUT2D eigenvalue weighted by atomic mass is 9.48. The van der Waals surface area contributed by atoms with Crippen molar-refractivity contribution in [2.24, 2.45) is 23.2 Å². The van der Waals surface area contributed by atoms with Gasteiger partial charge in [-0.25, -0.2) is 4.39 Å². The van der Waals surface area contributed by atoms with Gasteiger partial charge in [-0.3, -0.25) is 4.79 Å². The first-order valence-electron chi connectivity index (χ1n) is 8.01. The molecule has 1 aromatic carbocycles. The van der Waals surface area contributed by atoms with E-state index in [0.29, 0.717) is 11.3 Å². The third-order valence-electron chi connectivity index (χ3n) is 5.99. The molecule has 4 aliphatic carbocycles. The van der Waals surface area contributed by atoms with Crippen molar-refractivity contribution in [2.75, 3.05) is 0 Å². The predicted octanol–water partition coefficient (Wildman–Crippen LogP) is 4.92. The molecule has 1 nitrogen and oxygen atoms in total. The molecule has 4 aliphatic rings. The van der Waals surface area contributed by atoms with Crippen molar-refractivity contribution < 1.29 is 9.18 Å². The molecule has 112 valence electrons. The van der Waals surface area contributed by atoms with Crippen LogP contribution in [-0.4, -0.2) is 5.78 Å². The summed E-state index contributed by atoms with van der Waals surface area (Å²) in [6.07, 6.45) is 7.44. The molecule has 3 heteroatoms. The minimum Gasteiger partial charge on any atom is -0.299 e. The summed E-state index contributed by atoms with van der Waals surface area (Å²) in [5.74, 6) is 2.31. The number of benzene rings is 1. The largest absolute Gasteiger partial charge is 0.299 e. The van der Waals surface area contributed by atoms with E-state index in [0.717, 1.165) is 41.5 Å². The van der Waals surface area contributed by atoms with Gasteiger partial charge in [-0.15, -0.1) is 0 Å². The molecule has 0 N–H and O–H groups in total. The summed E-state index contributed by atoms with van der Waals surface area (Å²) in [5.41, 5.74) is 0.425. The second-order valence-electron chi connectivity index (χ2n) is 7.53. The zero-order chi connectivity index (χ0) is 14.6. The Labute approximate surface area is 133 Å². The first-order valence-corrected chi connectivity index (χ1v) is 8.81. The van der Waals surface area contributed by atoms with Gasteiger partial charge in [0.25, 0.3) is 0 Å². The molecular weight excluding hydrogens is 331 g/mol. The lowest BCUT2D eigenvalue weighted by molar-refractivity contribution is -0.143. The Morgan fingerprint density at radius 1 is 1.14 bits per heavy atom. The monoisotopic (exact) mass is 350 g/mol. The van der Waals surface area contributed by atoms with Gasteiger partial charge < -0.3 is 0 Å². The van der Waals surface area contributed by atoms with Crippen molar-refractivity contribution in [1.29, 1.82) is 0 Å². The molecule has 1 aromatic rings. The zero-order valence-corrected chi connectivity index (χ0v) is 13.7. The van der Waals surface area contributed by atoms with Crippen LogP contribution in [0.3, 0.4) is 0 Å². The van der Waals surface area contributed by atoms with E-state index in [2.05, 4.69) is 15.9 Å². The summed E-state index contributed by atoms with van der Waals surface area (Å²) in [6.45, 7) is 0. The molecule has 4 fully saturated rings. The van der Waals surface area contributed by atoms with Gasteiger partial charge in [0.2, 0.25) is 0 Å². The van der Waals surface area contributed by atoms with E-state index in [-0.39, 0.29) is 17.7 Å². The summed E-state index contributed by atoms with van der Waals surface area (Å²) < 4.78 is 14.8. The Hall–Kier alpha value is -0.700. The molecule has 0 heterocycles. The Balaban J connectivity index is 1.59. The first-order chi connectivity index (χ1) is 10.0. The first kappa shape index (κ1) is 13.9. The van der Waals surface area contributed by atoms with Gasteiger partial charge in [0.05, 0.1) is 0 Å². The quantitative estimate of drug-likeness (QED) is 0.756. The van der Waals surface area contributed by atoms with Crippen molar-refractivity contribution >= 4 is 21.7 Å². The highest BCUT2D eigenvalue weighted by molar-refractivity contribution is 9.10. The van der Waals surface area contributed by atoms with Crippen LogP contribution >= 0.6 is 15.9 Å². The molecule has 0 radical (unpaired) electrons. The number of ketones is 1. The number of carbonyl (C=O) groups excluding carboxylic acids is 1. The maximum Gasteiger partial charge on any atom is 0.143 e. The van der Waals surface area contributed by atoms with Crippen LogP contribution in [0.15, 0.2) is 22.7 Å². The van der Waals surface area contributed by atoms with E-state index >= 15 is 0 Å². The fourth-order valence-corrected chi connectivity index (χ4v) is 5.90. The lowest BCUT2D eigenvalue weighted by Gasteiger charge is -2.56. The summed E-state index contributed by atoms with van der Waals surface area (Å²) >= 11 is 3.37. The van der Waals surface area contributed by atoms with Gasteiger partial charge in [0, 0.05) is 16.3 Å². The molecule has 0 spiro atoms. The maximum atomic E-state index is 13.9. The second-order valence-corrected chi connectivity index (χ2v) is 8.45. The van der Waals surface area contributed by atoms with Gasteiger partial charge in [-0.2, -0.15) is 0 Å². The fraction of sp³-hybridized carbons (Fsp3) is 0.611. The highest BCUT2D eigenvalue weighted by Crippen LogP contribution is 2.60. The topological polar surface area (TPSA) is 17.1 Å². The fourth-order valence-electron chi connectivity index (χ4n) is 5.49. The van der Waals surface area contributed by atoms with Crippen LogP contribution < -0.4 is 0 Å². The average molecular weight is 351 g/mol. The lowest BCUT2D eigenvalue weighted by Crippen LogP contribution is -2.50. The molecule has 0 unspecified atom stereocenters. The Kier molecular flexibility index (Phi) is 3.25. The van der Waals surface area contributed by atoms with Crippen LogP contribution in [0.5, 0.6) is 0 Å². The Morgan fingerprint density at radius 2 is 1.71 bits per heavy atom. The van der Waals surface area contributed by atoms with Crippen LogP contribution in [0, 0.1) is 29.0 Å². The minimum absolute atomic E-state index is 0.122. The van der Waals surface area contributed by atoms with Crippen molar-refractivity contribution in [3.05, 3.63) is 34.1 Å². The molecule has 0 aliphatic heterocycles. The number of hydrogen-bond donors (Lipinski definition) is 0. The second kappa shape index (κ2) is 4.91. The van der Waals surface area contributed by atoms with Gasteiger partial charge in [0.15, 0.2) is 0 Å². The van der Waals surface area contributed by atoms with Crippen LogP contribution in [-0.2, 0) is 11.2 Å². The van der Waals surface area contributed by atoms with E-state index in [1.54, 1.807) is 12.1 Å². The standard InChI is InChI=1S/C18H20BrFO/c19-15-1-2-16(20)14(6-15)7-17(21)18-8-11-3-12(9-18)5-13(4-11)10-18/h1-2,6,11-13H,3-5,7-10H2. The molecule has 21 heavy (non-hydrogen) atoms. The molecule has 0 saturated heterocycles. The van der Waals surface area contributed by atoms with E-state index in [1.807, 2.05) is 0 Å². The van der Waals surface area contributed by atoms with Crippen molar-refractivity contribution in [3.8, 4) is 0 Å². The van der Waals surface area contributed by atoms with E-state index < -0.39 is 0 Å². The zero-order valence-electron chi connectivity index (χ0n) is 12.1. The van der Waals surface area contributed by atoms with Crippen molar-refractivity contribution in [1.82, 2.24) is 0 Å². The summed E-state index contributed by atoms with van der Waals surface area (Å²) in [5, 5.41) is 0. The Bertz CT molecular complexity index is 560. The third kappa shape index (κ3) is 2.38. The number of rotatable bonds is 3. The number of hydrogen-bond acceptors (Lipinski definition) is 1. The molecule has 5 rings (SSSR count). The van der Waals surface area contributed by atoms with Gasteiger partial charge in [0.1, 0.15) is 11.6 Å². The summed E-state index contributed by atoms with van der Waals surface area (Å²) in [4.78, 5) is 12.9. The predicted molar refractivity (Wildman–Crippen MR) is 83.4 cm³/mol. The van der Waals surface area contributed by atoms with Crippen LogP contribution in [0.2, 0.25) is 0 Å². The number of Topliss-reactive ketones (excluding diaryl/α,β-unsaturated/α-hetero) is 1. The smallest absolute Gasteiger partial charge is 0.143 e.